The second-order valence-corrected chi connectivity index (χ2v) is 6.82. The van der Waals surface area contributed by atoms with E-state index in [0.29, 0.717) is 18.8 Å². The minimum Gasteiger partial charge on any atom is -0.397 e. The van der Waals surface area contributed by atoms with E-state index < -0.39 is 0 Å². The van der Waals surface area contributed by atoms with Crippen LogP contribution in [0.2, 0.25) is 0 Å². The van der Waals surface area contributed by atoms with Crippen molar-refractivity contribution >= 4 is 79.4 Å². The molecule has 3 nitrogen and oxygen atoms in total. The monoisotopic (exact) mass is 570 g/mol. The molecule has 0 bridgehead atoms. The number of halogens is 3. The van der Waals surface area contributed by atoms with Crippen LogP contribution < -0.4 is 5.73 Å². The fourth-order valence-electron chi connectivity index (χ4n) is 1.47. The number of rotatable bonds is 3. The molecule has 1 aromatic carbocycles. The largest absolute Gasteiger partial charge is 0.397 e. The summed E-state index contributed by atoms with van der Waals surface area (Å²) in [4.78, 5) is 14.2. The Morgan fingerprint density at radius 1 is 1.24 bits per heavy atom. The van der Waals surface area contributed by atoms with E-state index in [1.807, 2.05) is 24.8 Å². The Morgan fingerprint density at radius 3 is 2.24 bits per heavy atom. The first-order valence-corrected chi connectivity index (χ1v) is 8.39. The summed E-state index contributed by atoms with van der Waals surface area (Å²) in [6, 6.07) is 1.95. The molecule has 2 N–H and O–H groups in total. The molecule has 0 aliphatic heterocycles. The first kappa shape index (κ1) is 15.7. The number of nitrogens with two attached hydrogens (primary N) is 1. The highest BCUT2D eigenvalue weighted by molar-refractivity contribution is 14.1. The lowest BCUT2D eigenvalue weighted by Crippen LogP contribution is -2.32. The predicted octanol–water partition coefficient (Wildman–Crippen LogP) is 3.56. The third kappa shape index (κ3) is 3.37. The summed E-state index contributed by atoms with van der Waals surface area (Å²) < 4.78 is 2.81. The average Bonchev–Trinajstić information content (AvgIpc) is 2.28. The first-order valence-electron chi connectivity index (χ1n) is 5.16. The maximum atomic E-state index is 12.4. The van der Waals surface area contributed by atoms with Crippen LogP contribution in [0.4, 0.5) is 5.69 Å². The van der Waals surface area contributed by atoms with Gasteiger partial charge in [-0.15, -0.1) is 0 Å². The summed E-state index contributed by atoms with van der Waals surface area (Å²) in [5, 5.41) is 0. The standard InChI is InChI=1S/C11H13I3N2O/c1-3-16(4-2)11(17)8-6(12)5-7(13)10(15)9(8)14/h5H,3-4,15H2,1-2H3. The molecule has 0 aliphatic rings. The highest BCUT2D eigenvalue weighted by Gasteiger charge is 2.21. The van der Waals surface area contributed by atoms with E-state index in [-0.39, 0.29) is 5.91 Å². The summed E-state index contributed by atoms with van der Waals surface area (Å²) in [6.45, 7) is 5.40. The molecule has 1 rings (SSSR count). The Morgan fingerprint density at radius 2 is 1.76 bits per heavy atom. The SMILES string of the molecule is CCN(CC)C(=O)c1c(I)cc(I)c(N)c1I. The zero-order valence-corrected chi connectivity index (χ0v) is 16.0. The van der Waals surface area contributed by atoms with Gasteiger partial charge >= 0.3 is 0 Å². The smallest absolute Gasteiger partial charge is 0.256 e. The summed E-state index contributed by atoms with van der Waals surface area (Å²) in [5.74, 6) is 0.0619. The molecule has 0 heterocycles. The van der Waals surface area contributed by atoms with Crippen molar-refractivity contribution in [3.05, 3.63) is 22.3 Å². The Bertz CT molecular complexity index is 445. The van der Waals surface area contributed by atoms with Gasteiger partial charge in [-0.05, 0) is 87.7 Å². The van der Waals surface area contributed by atoms with Crippen LogP contribution in [0.15, 0.2) is 6.07 Å². The lowest BCUT2D eigenvalue weighted by atomic mass is 10.1. The quantitative estimate of drug-likeness (QED) is 0.447. The van der Waals surface area contributed by atoms with E-state index in [1.54, 1.807) is 0 Å². The lowest BCUT2D eigenvalue weighted by Gasteiger charge is -2.21. The third-order valence-electron chi connectivity index (χ3n) is 2.47. The number of hydrogen-bond donors (Lipinski definition) is 1. The Labute approximate surface area is 142 Å². The molecule has 17 heavy (non-hydrogen) atoms. The van der Waals surface area contributed by atoms with Gasteiger partial charge in [0.2, 0.25) is 0 Å². The lowest BCUT2D eigenvalue weighted by molar-refractivity contribution is 0.0771. The van der Waals surface area contributed by atoms with E-state index in [2.05, 4.69) is 67.8 Å². The van der Waals surface area contributed by atoms with Crippen molar-refractivity contribution in [1.29, 1.82) is 0 Å². The Kier molecular flexibility index (Phi) is 6.23. The molecule has 1 aromatic rings. The van der Waals surface area contributed by atoms with Crippen molar-refractivity contribution in [3.63, 3.8) is 0 Å². The highest BCUT2D eigenvalue weighted by Crippen LogP contribution is 2.30. The van der Waals surface area contributed by atoms with Crippen molar-refractivity contribution in [2.45, 2.75) is 13.8 Å². The molecule has 0 unspecified atom stereocenters. The number of anilines is 1. The van der Waals surface area contributed by atoms with Crippen molar-refractivity contribution < 1.29 is 4.79 Å². The molecule has 0 atom stereocenters. The second kappa shape index (κ2) is 6.73. The number of nitrogens with zero attached hydrogens (tertiary/aromatic N) is 1. The van der Waals surface area contributed by atoms with E-state index in [0.717, 1.165) is 16.3 Å². The molecule has 6 heteroatoms. The number of carbonyl (C=O) groups is 1. The molecule has 0 aromatic heterocycles. The average molecular weight is 570 g/mol. The van der Waals surface area contributed by atoms with E-state index in [4.69, 9.17) is 5.73 Å². The highest BCUT2D eigenvalue weighted by atomic mass is 127. The molecule has 0 aliphatic carbocycles. The Balaban J connectivity index is 3.32. The van der Waals surface area contributed by atoms with Crippen LogP contribution in [0, 0.1) is 10.7 Å². The van der Waals surface area contributed by atoms with Crippen LogP contribution in [0.3, 0.4) is 0 Å². The van der Waals surface area contributed by atoms with E-state index in [9.17, 15) is 4.79 Å². The van der Waals surface area contributed by atoms with E-state index >= 15 is 0 Å². The molecule has 0 saturated heterocycles. The van der Waals surface area contributed by atoms with Gasteiger partial charge in [0.25, 0.3) is 5.91 Å². The van der Waals surface area contributed by atoms with Gasteiger partial charge in [-0.3, -0.25) is 4.79 Å². The minimum atomic E-state index is 0.0619. The molecule has 0 fully saturated rings. The summed E-state index contributed by atoms with van der Waals surface area (Å²) in [7, 11) is 0. The van der Waals surface area contributed by atoms with Crippen molar-refractivity contribution in [1.82, 2.24) is 4.90 Å². The van der Waals surface area contributed by atoms with Gasteiger partial charge in [0, 0.05) is 20.2 Å². The first-order chi connectivity index (χ1) is 7.93. The zero-order chi connectivity index (χ0) is 13.2. The molecule has 0 saturated carbocycles. The van der Waals surface area contributed by atoms with Gasteiger partial charge in [0.15, 0.2) is 0 Å². The molecule has 1 amide bonds. The van der Waals surface area contributed by atoms with Crippen LogP contribution in [-0.2, 0) is 0 Å². The third-order valence-corrected chi connectivity index (χ3v) is 5.33. The van der Waals surface area contributed by atoms with Crippen LogP contribution in [0.1, 0.15) is 24.2 Å². The topological polar surface area (TPSA) is 46.3 Å². The van der Waals surface area contributed by atoms with Crippen molar-refractivity contribution in [3.8, 4) is 0 Å². The summed E-state index contributed by atoms with van der Waals surface area (Å²) in [6.07, 6.45) is 0. The molecular weight excluding hydrogens is 557 g/mol. The molecule has 0 radical (unpaired) electrons. The number of nitrogen functional groups attached to an aromatic ring is 1. The van der Waals surface area contributed by atoms with Crippen LogP contribution in [0.25, 0.3) is 0 Å². The van der Waals surface area contributed by atoms with E-state index in [1.165, 1.54) is 0 Å². The fourth-order valence-corrected chi connectivity index (χ4v) is 5.30. The number of hydrogen-bond acceptors (Lipinski definition) is 2. The fraction of sp³-hybridized carbons (Fsp3) is 0.364. The minimum absolute atomic E-state index is 0.0619. The van der Waals surface area contributed by atoms with Gasteiger partial charge in [0.1, 0.15) is 0 Å². The number of carbonyl (C=O) groups excluding carboxylic acids is 1. The van der Waals surface area contributed by atoms with Crippen molar-refractivity contribution in [2.75, 3.05) is 18.8 Å². The molecular formula is C11H13I3N2O. The molecule has 94 valence electrons. The summed E-state index contributed by atoms with van der Waals surface area (Å²) in [5.41, 5.74) is 7.41. The normalized spacial score (nSPS) is 10.4. The van der Waals surface area contributed by atoms with Crippen LogP contribution >= 0.6 is 67.8 Å². The molecule has 0 spiro atoms. The van der Waals surface area contributed by atoms with Crippen LogP contribution in [-0.4, -0.2) is 23.9 Å². The van der Waals surface area contributed by atoms with Gasteiger partial charge in [-0.2, -0.15) is 0 Å². The van der Waals surface area contributed by atoms with Crippen LogP contribution in [0.5, 0.6) is 0 Å². The predicted molar refractivity (Wildman–Crippen MR) is 96.3 cm³/mol. The van der Waals surface area contributed by atoms with Gasteiger partial charge in [0.05, 0.1) is 14.8 Å². The van der Waals surface area contributed by atoms with Gasteiger partial charge in [-0.25, -0.2) is 0 Å². The van der Waals surface area contributed by atoms with Crippen molar-refractivity contribution in [2.24, 2.45) is 0 Å². The van der Waals surface area contributed by atoms with Gasteiger partial charge < -0.3 is 10.6 Å². The Hall–Kier alpha value is 0.680. The number of benzene rings is 1. The summed E-state index contributed by atoms with van der Waals surface area (Å²) >= 11 is 6.54. The second-order valence-electron chi connectivity index (χ2n) is 3.42. The number of amides is 1. The van der Waals surface area contributed by atoms with Gasteiger partial charge in [-0.1, -0.05) is 0 Å². The zero-order valence-electron chi connectivity index (χ0n) is 9.56. The maximum Gasteiger partial charge on any atom is 0.256 e. The maximum absolute atomic E-state index is 12.4.